The molecular formula is C15H28N2O3. The van der Waals surface area contributed by atoms with E-state index in [9.17, 15) is 0 Å². The highest BCUT2D eigenvalue weighted by Gasteiger charge is 2.47. The maximum atomic E-state index is 6.40. The minimum atomic E-state index is -0.360. The van der Waals surface area contributed by atoms with Crippen LogP contribution >= 0.6 is 0 Å². The van der Waals surface area contributed by atoms with Gasteiger partial charge in [0.15, 0.2) is 5.79 Å². The van der Waals surface area contributed by atoms with E-state index in [-0.39, 0.29) is 17.4 Å². The van der Waals surface area contributed by atoms with Crippen molar-refractivity contribution in [3.05, 3.63) is 0 Å². The minimum Gasteiger partial charge on any atom is -0.377 e. The predicted octanol–water partition coefficient (Wildman–Crippen LogP) is 1.11. The second-order valence-electron chi connectivity index (χ2n) is 6.81. The summed E-state index contributed by atoms with van der Waals surface area (Å²) in [4.78, 5) is 2.50. The van der Waals surface area contributed by atoms with Crippen LogP contribution in [0, 0.1) is 0 Å². The first-order valence-electron chi connectivity index (χ1n) is 7.89. The fraction of sp³-hybridized carbons (Fsp3) is 1.00. The molecule has 2 aliphatic heterocycles. The third kappa shape index (κ3) is 2.74. The molecule has 3 atom stereocenters. The molecule has 116 valence electrons. The Hall–Kier alpha value is -0.200. The molecule has 3 aliphatic rings. The fourth-order valence-electron chi connectivity index (χ4n) is 4.00. The molecule has 0 aromatic rings. The van der Waals surface area contributed by atoms with E-state index >= 15 is 0 Å². The highest BCUT2D eigenvalue weighted by molar-refractivity contribution is 4.98. The first-order chi connectivity index (χ1) is 9.56. The maximum Gasteiger partial charge on any atom is 0.170 e. The lowest BCUT2D eigenvalue weighted by molar-refractivity contribution is -0.196. The summed E-state index contributed by atoms with van der Waals surface area (Å²) >= 11 is 0. The third-order valence-electron chi connectivity index (χ3n) is 5.34. The Balaban J connectivity index is 1.70. The van der Waals surface area contributed by atoms with E-state index in [1.807, 2.05) is 7.11 Å². The topological polar surface area (TPSA) is 57.0 Å². The van der Waals surface area contributed by atoms with E-state index in [2.05, 4.69) is 11.8 Å². The Morgan fingerprint density at radius 3 is 2.70 bits per heavy atom. The summed E-state index contributed by atoms with van der Waals surface area (Å²) in [7, 11) is 1.81. The Bertz CT molecular complexity index is 346. The van der Waals surface area contributed by atoms with Gasteiger partial charge in [0.05, 0.1) is 18.8 Å². The van der Waals surface area contributed by atoms with Crippen LogP contribution in [0.25, 0.3) is 0 Å². The van der Waals surface area contributed by atoms with E-state index in [0.717, 1.165) is 52.0 Å². The zero-order valence-corrected chi connectivity index (χ0v) is 12.8. The second-order valence-corrected chi connectivity index (χ2v) is 6.81. The number of methoxy groups -OCH3 is 1. The van der Waals surface area contributed by atoms with Crippen molar-refractivity contribution < 1.29 is 14.2 Å². The second kappa shape index (κ2) is 5.54. The zero-order chi connectivity index (χ0) is 14.2. The molecule has 5 heteroatoms. The molecule has 3 unspecified atom stereocenters. The number of hydrogen-bond donors (Lipinski definition) is 1. The van der Waals surface area contributed by atoms with Crippen molar-refractivity contribution in [2.24, 2.45) is 5.73 Å². The molecule has 1 spiro atoms. The predicted molar refractivity (Wildman–Crippen MR) is 76.5 cm³/mol. The lowest BCUT2D eigenvalue weighted by Crippen LogP contribution is -2.60. The smallest absolute Gasteiger partial charge is 0.170 e. The van der Waals surface area contributed by atoms with Crippen molar-refractivity contribution in [3.63, 3.8) is 0 Å². The molecule has 2 saturated heterocycles. The number of piperidine rings is 1. The monoisotopic (exact) mass is 284 g/mol. The molecule has 0 aromatic carbocycles. The average Bonchev–Trinajstić information content (AvgIpc) is 2.90. The highest BCUT2D eigenvalue weighted by Crippen LogP contribution is 2.39. The summed E-state index contributed by atoms with van der Waals surface area (Å²) in [6, 6.07) is 0.559. The Morgan fingerprint density at radius 1 is 1.25 bits per heavy atom. The zero-order valence-electron chi connectivity index (χ0n) is 12.8. The summed E-state index contributed by atoms with van der Waals surface area (Å²) in [5.74, 6) is -0.360. The molecule has 1 aliphatic carbocycles. The summed E-state index contributed by atoms with van der Waals surface area (Å²) in [6.07, 6.45) is 5.10. The van der Waals surface area contributed by atoms with Gasteiger partial charge in [-0.2, -0.15) is 0 Å². The summed E-state index contributed by atoms with van der Waals surface area (Å²) < 4.78 is 17.5. The Kier molecular flexibility index (Phi) is 4.08. The SMILES string of the molecule is COC1(C)CCCN(C2CC3(CCC2N)OCCO3)C1. The maximum absolute atomic E-state index is 6.40. The first-order valence-corrected chi connectivity index (χ1v) is 7.89. The van der Waals surface area contributed by atoms with Gasteiger partial charge < -0.3 is 19.9 Å². The third-order valence-corrected chi connectivity index (χ3v) is 5.34. The van der Waals surface area contributed by atoms with Gasteiger partial charge in [-0.15, -0.1) is 0 Å². The van der Waals surface area contributed by atoms with Gasteiger partial charge in [0.2, 0.25) is 0 Å². The normalized spacial score (nSPS) is 42.1. The molecule has 3 fully saturated rings. The van der Waals surface area contributed by atoms with Gasteiger partial charge in [-0.3, -0.25) is 4.90 Å². The lowest BCUT2D eigenvalue weighted by atomic mass is 9.83. The molecule has 0 aromatic heterocycles. The van der Waals surface area contributed by atoms with Gasteiger partial charge in [-0.1, -0.05) is 0 Å². The number of likely N-dealkylation sites (tertiary alicyclic amines) is 1. The quantitative estimate of drug-likeness (QED) is 0.823. The van der Waals surface area contributed by atoms with Crippen molar-refractivity contribution in [2.75, 3.05) is 33.4 Å². The van der Waals surface area contributed by atoms with Gasteiger partial charge in [-0.05, 0) is 32.7 Å². The van der Waals surface area contributed by atoms with Crippen molar-refractivity contribution in [3.8, 4) is 0 Å². The molecule has 2 heterocycles. The molecule has 0 radical (unpaired) electrons. The standard InChI is InChI=1S/C15H28N2O3/c1-14(18-2)5-3-7-17(11-14)13-10-15(6-4-12(13)16)19-8-9-20-15/h12-13H,3-11,16H2,1-2H3. The van der Waals surface area contributed by atoms with Crippen LogP contribution in [-0.4, -0.2) is 61.8 Å². The molecule has 2 N–H and O–H groups in total. The van der Waals surface area contributed by atoms with E-state index in [0.29, 0.717) is 6.04 Å². The van der Waals surface area contributed by atoms with Crippen molar-refractivity contribution in [2.45, 2.75) is 62.5 Å². The number of nitrogens with two attached hydrogens (primary N) is 1. The van der Waals surface area contributed by atoms with Gasteiger partial charge >= 0.3 is 0 Å². The van der Waals surface area contributed by atoms with Crippen LogP contribution in [-0.2, 0) is 14.2 Å². The Labute approximate surface area is 121 Å². The van der Waals surface area contributed by atoms with Crippen LogP contribution in [0.4, 0.5) is 0 Å². The largest absolute Gasteiger partial charge is 0.377 e. The van der Waals surface area contributed by atoms with E-state index in [4.69, 9.17) is 19.9 Å². The fourth-order valence-corrected chi connectivity index (χ4v) is 4.00. The number of hydrogen-bond acceptors (Lipinski definition) is 5. The van der Waals surface area contributed by atoms with Crippen LogP contribution in [0.5, 0.6) is 0 Å². The van der Waals surface area contributed by atoms with Gasteiger partial charge in [0.25, 0.3) is 0 Å². The average molecular weight is 284 g/mol. The van der Waals surface area contributed by atoms with Crippen LogP contribution in [0.2, 0.25) is 0 Å². The molecule has 5 nitrogen and oxygen atoms in total. The molecule has 0 amide bonds. The summed E-state index contributed by atoms with van der Waals surface area (Å²) in [5, 5.41) is 0. The molecule has 0 bridgehead atoms. The molecule has 3 rings (SSSR count). The van der Waals surface area contributed by atoms with Crippen LogP contribution in [0.15, 0.2) is 0 Å². The van der Waals surface area contributed by atoms with Crippen LogP contribution < -0.4 is 5.73 Å². The number of nitrogens with zero attached hydrogens (tertiary/aromatic N) is 1. The number of rotatable bonds is 2. The summed E-state index contributed by atoms with van der Waals surface area (Å²) in [6.45, 7) is 5.70. The van der Waals surface area contributed by atoms with E-state index < -0.39 is 0 Å². The molecular weight excluding hydrogens is 256 g/mol. The minimum absolute atomic E-state index is 0.0417. The lowest BCUT2D eigenvalue weighted by Gasteiger charge is -2.49. The molecule has 1 saturated carbocycles. The molecule has 20 heavy (non-hydrogen) atoms. The van der Waals surface area contributed by atoms with E-state index in [1.165, 1.54) is 6.42 Å². The van der Waals surface area contributed by atoms with E-state index in [1.54, 1.807) is 0 Å². The Morgan fingerprint density at radius 2 is 2.00 bits per heavy atom. The first kappa shape index (κ1) is 14.7. The number of ether oxygens (including phenoxy) is 3. The van der Waals surface area contributed by atoms with Crippen LogP contribution in [0.3, 0.4) is 0 Å². The van der Waals surface area contributed by atoms with Crippen molar-refractivity contribution >= 4 is 0 Å². The van der Waals surface area contributed by atoms with Gasteiger partial charge in [-0.25, -0.2) is 0 Å². The van der Waals surface area contributed by atoms with Gasteiger partial charge in [0, 0.05) is 38.6 Å². The van der Waals surface area contributed by atoms with Gasteiger partial charge in [0.1, 0.15) is 0 Å². The van der Waals surface area contributed by atoms with Crippen LogP contribution in [0.1, 0.15) is 39.0 Å². The highest BCUT2D eigenvalue weighted by atomic mass is 16.7. The van der Waals surface area contributed by atoms with Crippen molar-refractivity contribution in [1.29, 1.82) is 0 Å². The van der Waals surface area contributed by atoms with Crippen molar-refractivity contribution in [1.82, 2.24) is 4.90 Å². The summed E-state index contributed by atoms with van der Waals surface area (Å²) in [5.41, 5.74) is 6.36.